The molecule has 0 bridgehead atoms. The molecule has 0 N–H and O–H groups in total. The van der Waals surface area contributed by atoms with Crippen molar-refractivity contribution >= 4 is 20.9 Å². The first-order valence-electron chi connectivity index (χ1n) is 16.0. The highest BCUT2D eigenvalue weighted by atomic mass is 32.2. The van der Waals surface area contributed by atoms with Crippen molar-refractivity contribution in [2.24, 2.45) is 0 Å². The maximum atomic E-state index is 13.2. The summed E-state index contributed by atoms with van der Waals surface area (Å²) >= 11 is 0. The summed E-state index contributed by atoms with van der Waals surface area (Å²) in [5, 5.41) is 2.15. The van der Waals surface area contributed by atoms with Crippen LogP contribution in [0.3, 0.4) is 0 Å². The number of hydrogen-bond acceptors (Lipinski definition) is 3. The van der Waals surface area contributed by atoms with Gasteiger partial charge in [0.15, 0.2) is 0 Å². The van der Waals surface area contributed by atoms with Crippen molar-refractivity contribution in [3.8, 4) is 0 Å². The Morgan fingerprint density at radius 2 is 1.03 bits per heavy atom. The molecule has 0 saturated carbocycles. The number of unbranched alkanes of at least 4 members (excludes halogenated alkanes) is 18. The van der Waals surface area contributed by atoms with Crippen LogP contribution in [0.15, 0.2) is 41.3 Å². The molecule has 0 radical (unpaired) electrons. The van der Waals surface area contributed by atoms with Gasteiger partial charge < -0.3 is 0 Å². The molecule has 0 atom stereocenters. The lowest BCUT2D eigenvalue weighted by Crippen LogP contribution is -2.11. The molecule has 3 nitrogen and oxygen atoms in total. The molecular weight excluding hydrogens is 488 g/mol. The number of hydrogen-bond donors (Lipinski definition) is 0. The third-order valence-corrected chi connectivity index (χ3v) is 9.18. The van der Waals surface area contributed by atoms with Gasteiger partial charge in [0, 0.05) is 0 Å². The molecule has 2 aromatic rings. The lowest BCUT2D eigenvalue weighted by atomic mass is 9.99. The summed E-state index contributed by atoms with van der Waals surface area (Å²) in [7, 11) is -3.76. The minimum atomic E-state index is -3.76. The Bertz CT molecular complexity index is 967. The van der Waals surface area contributed by atoms with Crippen molar-refractivity contribution in [1.29, 1.82) is 0 Å². The van der Waals surface area contributed by atoms with Crippen LogP contribution in [-0.4, -0.2) is 15.0 Å². The van der Waals surface area contributed by atoms with Crippen LogP contribution in [-0.2, 0) is 20.7 Å². The quantitative estimate of drug-likeness (QED) is 0.0975. The van der Waals surface area contributed by atoms with Crippen LogP contribution in [0, 0.1) is 0 Å². The zero-order valence-corrected chi connectivity index (χ0v) is 25.5. The second-order valence-electron chi connectivity index (χ2n) is 11.2. The summed E-state index contributed by atoms with van der Waals surface area (Å²) in [6.45, 7) is 4.79. The minimum Gasteiger partial charge on any atom is -0.266 e. The summed E-state index contributed by atoms with van der Waals surface area (Å²) in [6.07, 6.45) is 25.8. The minimum absolute atomic E-state index is 0.281. The normalized spacial score (nSPS) is 11.9. The number of benzene rings is 2. The van der Waals surface area contributed by atoms with Gasteiger partial charge in [-0.15, -0.1) is 0 Å². The zero-order valence-electron chi connectivity index (χ0n) is 24.7. The number of rotatable bonds is 24. The van der Waals surface area contributed by atoms with Crippen LogP contribution in [0.5, 0.6) is 0 Å². The van der Waals surface area contributed by atoms with Crippen LogP contribution < -0.4 is 0 Å². The lowest BCUT2D eigenvalue weighted by Gasteiger charge is -2.14. The fourth-order valence-electron chi connectivity index (χ4n) is 5.42. The van der Waals surface area contributed by atoms with Crippen LogP contribution in [0.4, 0.5) is 0 Å². The molecule has 0 aliphatic carbocycles. The molecule has 0 aliphatic rings. The first kappa shape index (κ1) is 32.8. The summed E-state index contributed by atoms with van der Waals surface area (Å²) < 4.78 is 32.0. The second kappa shape index (κ2) is 20.5. The van der Waals surface area contributed by atoms with Crippen molar-refractivity contribution < 1.29 is 12.6 Å². The smallest absolute Gasteiger partial charge is 0.266 e. The van der Waals surface area contributed by atoms with Gasteiger partial charge in [-0.2, -0.15) is 8.42 Å². The van der Waals surface area contributed by atoms with Crippen LogP contribution in [0.25, 0.3) is 10.8 Å². The third kappa shape index (κ3) is 13.1. The SMILES string of the molecule is CCCCCCCCCCCCOS(=O)(=O)c1ccc2ccccc2c1CCCCCCCCCCCC. The molecule has 216 valence electrons. The van der Waals surface area contributed by atoms with E-state index in [9.17, 15) is 8.42 Å². The van der Waals surface area contributed by atoms with E-state index in [1.807, 2.05) is 18.2 Å². The molecule has 2 aromatic carbocycles. The van der Waals surface area contributed by atoms with Gasteiger partial charge in [-0.1, -0.05) is 160 Å². The first-order chi connectivity index (χ1) is 18.6. The standard InChI is InChI=1S/C34H56O3S/c1-3-5-7-9-11-13-15-17-19-21-27-33-32-26-23-22-25-31(32)28-29-34(33)38(35,36)37-30-24-20-18-16-14-12-10-8-6-4-2/h22-23,25-26,28-29H,3-21,24,27,30H2,1-2H3. The molecule has 0 unspecified atom stereocenters. The van der Waals surface area contributed by atoms with Gasteiger partial charge in [0.25, 0.3) is 10.1 Å². The zero-order chi connectivity index (χ0) is 27.3. The Labute approximate surface area is 235 Å². The Kier molecular flexibility index (Phi) is 17.7. The number of fused-ring (bicyclic) bond motifs is 1. The van der Waals surface area contributed by atoms with E-state index in [0.29, 0.717) is 4.90 Å². The molecule has 2 rings (SSSR count). The number of aryl methyl sites for hydroxylation is 1. The van der Waals surface area contributed by atoms with Gasteiger partial charge >= 0.3 is 0 Å². The third-order valence-electron chi connectivity index (χ3n) is 7.78. The fourth-order valence-corrected chi connectivity index (χ4v) is 6.63. The molecule has 0 aromatic heterocycles. The molecule has 4 heteroatoms. The van der Waals surface area contributed by atoms with E-state index < -0.39 is 10.1 Å². The molecule has 0 amide bonds. The molecule has 38 heavy (non-hydrogen) atoms. The van der Waals surface area contributed by atoms with Gasteiger partial charge in [0.05, 0.1) is 11.5 Å². The highest BCUT2D eigenvalue weighted by molar-refractivity contribution is 7.86. The molecular formula is C34H56O3S. The summed E-state index contributed by atoms with van der Waals surface area (Å²) in [5.74, 6) is 0. The van der Waals surface area contributed by atoms with E-state index in [1.54, 1.807) is 6.07 Å². The molecule has 0 fully saturated rings. The molecule has 0 spiro atoms. The van der Waals surface area contributed by atoms with Crippen molar-refractivity contribution in [1.82, 2.24) is 0 Å². The second-order valence-corrected chi connectivity index (χ2v) is 12.7. The highest BCUT2D eigenvalue weighted by Crippen LogP contribution is 2.29. The molecule has 0 heterocycles. The maximum Gasteiger partial charge on any atom is 0.297 e. The van der Waals surface area contributed by atoms with Crippen LogP contribution in [0.2, 0.25) is 0 Å². The van der Waals surface area contributed by atoms with Crippen LogP contribution >= 0.6 is 0 Å². The van der Waals surface area contributed by atoms with Crippen molar-refractivity contribution in [2.75, 3.05) is 6.61 Å². The average molecular weight is 545 g/mol. The topological polar surface area (TPSA) is 43.4 Å². The van der Waals surface area contributed by atoms with Crippen molar-refractivity contribution in [3.05, 3.63) is 42.0 Å². The average Bonchev–Trinajstić information content (AvgIpc) is 2.92. The van der Waals surface area contributed by atoms with Gasteiger partial charge in [-0.25, -0.2) is 0 Å². The van der Waals surface area contributed by atoms with Gasteiger partial charge in [0.2, 0.25) is 0 Å². The predicted octanol–water partition coefficient (Wildman–Crippen LogP) is 10.9. The van der Waals surface area contributed by atoms with E-state index in [-0.39, 0.29) is 6.61 Å². The van der Waals surface area contributed by atoms with E-state index >= 15 is 0 Å². The molecule has 0 saturated heterocycles. The summed E-state index contributed by atoms with van der Waals surface area (Å²) in [4.78, 5) is 0.374. The monoisotopic (exact) mass is 544 g/mol. The molecule has 0 aliphatic heterocycles. The Balaban J connectivity index is 1.79. The first-order valence-corrected chi connectivity index (χ1v) is 17.4. The Morgan fingerprint density at radius 3 is 1.58 bits per heavy atom. The summed E-state index contributed by atoms with van der Waals surface area (Å²) in [5.41, 5.74) is 0.936. The van der Waals surface area contributed by atoms with E-state index in [1.165, 1.54) is 96.3 Å². The van der Waals surface area contributed by atoms with Crippen molar-refractivity contribution in [2.45, 2.75) is 154 Å². The van der Waals surface area contributed by atoms with Crippen LogP contribution in [0.1, 0.15) is 148 Å². The Hall–Kier alpha value is -1.39. The highest BCUT2D eigenvalue weighted by Gasteiger charge is 2.21. The van der Waals surface area contributed by atoms with Gasteiger partial charge in [-0.3, -0.25) is 4.18 Å². The van der Waals surface area contributed by atoms with Gasteiger partial charge in [0.1, 0.15) is 0 Å². The maximum absolute atomic E-state index is 13.2. The van der Waals surface area contributed by atoms with E-state index in [4.69, 9.17) is 4.18 Å². The largest absolute Gasteiger partial charge is 0.297 e. The predicted molar refractivity (Wildman–Crippen MR) is 164 cm³/mol. The van der Waals surface area contributed by atoms with E-state index in [2.05, 4.69) is 26.0 Å². The Morgan fingerprint density at radius 1 is 0.553 bits per heavy atom. The van der Waals surface area contributed by atoms with Gasteiger partial charge in [-0.05, 0) is 41.7 Å². The van der Waals surface area contributed by atoms with E-state index in [0.717, 1.165) is 54.9 Å². The van der Waals surface area contributed by atoms with Crippen molar-refractivity contribution in [3.63, 3.8) is 0 Å². The lowest BCUT2D eigenvalue weighted by molar-refractivity contribution is 0.306. The fraction of sp³-hybridized carbons (Fsp3) is 0.706. The summed E-state index contributed by atoms with van der Waals surface area (Å²) in [6, 6.07) is 11.8.